The van der Waals surface area contributed by atoms with Crippen LogP contribution in [0, 0.1) is 19.3 Å². The lowest BCUT2D eigenvalue weighted by Gasteiger charge is -2.15. The molecule has 0 atom stereocenters. The van der Waals surface area contributed by atoms with Gasteiger partial charge >= 0.3 is 0 Å². The Morgan fingerprint density at radius 3 is 2.62 bits per heavy atom. The summed E-state index contributed by atoms with van der Waals surface area (Å²) in [4.78, 5) is 30.9. The van der Waals surface area contributed by atoms with Crippen LogP contribution in [0.2, 0.25) is 0 Å². The molecule has 1 aromatic carbocycles. The Balaban J connectivity index is 1.84. The van der Waals surface area contributed by atoms with Gasteiger partial charge in [-0.05, 0) is 37.1 Å². The predicted molar refractivity (Wildman–Crippen MR) is 122 cm³/mol. The minimum Gasteiger partial charge on any atom is -0.383 e. The molecule has 3 aromatic heterocycles. The first-order valence-electron chi connectivity index (χ1n) is 10.3. The minimum absolute atomic E-state index is 0.0132. The summed E-state index contributed by atoms with van der Waals surface area (Å²) in [6.07, 6.45) is 1.66. The molecule has 0 aliphatic rings. The van der Waals surface area contributed by atoms with Crippen LogP contribution in [0.4, 0.5) is 0 Å². The van der Waals surface area contributed by atoms with Gasteiger partial charge in [-0.2, -0.15) is 0 Å². The van der Waals surface area contributed by atoms with Gasteiger partial charge in [-0.3, -0.25) is 19.4 Å². The van der Waals surface area contributed by atoms with E-state index in [-0.39, 0.29) is 22.0 Å². The zero-order valence-corrected chi connectivity index (χ0v) is 18.3. The molecule has 32 heavy (non-hydrogen) atoms. The van der Waals surface area contributed by atoms with E-state index in [1.165, 1.54) is 10.5 Å². The third-order valence-corrected chi connectivity index (χ3v) is 5.47. The van der Waals surface area contributed by atoms with Gasteiger partial charge in [0.05, 0.1) is 17.6 Å². The van der Waals surface area contributed by atoms with E-state index in [4.69, 9.17) is 10.1 Å². The van der Waals surface area contributed by atoms with E-state index in [0.29, 0.717) is 31.0 Å². The molecule has 1 amide bonds. The first-order valence-corrected chi connectivity index (χ1v) is 10.3. The third-order valence-electron chi connectivity index (χ3n) is 5.47. The van der Waals surface area contributed by atoms with Crippen molar-refractivity contribution in [3.63, 3.8) is 0 Å². The van der Waals surface area contributed by atoms with Crippen molar-refractivity contribution in [1.82, 2.24) is 19.3 Å². The molecule has 0 aliphatic heterocycles. The van der Waals surface area contributed by atoms with Crippen LogP contribution in [0.1, 0.15) is 27.0 Å². The first kappa shape index (κ1) is 21.5. The number of aromatic nitrogens is 3. The molecule has 3 heterocycles. The van der Waals surface area contributed by atoms with Gasteiger partial charge < -0.3 is 14.6 Å². The monoisotopic (exact) mass is 431 g/mol. The second kappa shape index (κ2) is 8.76. The van der Waals surface area contributed by atoms with E-state index >= 15 is 0 Å². The Bertz CT molecular complexity index is 1440. The fourth-order valence-corrected chi connectivity index (χ4v) is 3.65. The molecule has 2 N–H and O–H groups in total. The van der Waals surface area contributed by atoms with Gasteiger partial charge in [0.2, 0.25) is 0 Å². The van der Waals surface area contributed by atoms with Crippen molar-refractivity contribution in [3.05, 3.63) is 86.8 Å². The van der Waals surface area contributed by atoms with Gasteiger partial charge in [0.1, 0.15) is 16.8 Å². The quantitative estimate of drug-likeness (QED) is 0.458. The maximum absolute atomic E-state index is 13.2. The SMILES string of the molecule is COCCn1c(=N)c(C(=O)NCc2ccc(C)cc2)cc2c(=O)n3cccc(C)c3nc21. The van der Waals surface area contributed by atoms with Crippen LogP contribution in [0.3, 0.4) is 0 Å². The average molecular weight is 431 g/mol. The number of methoxy groups -OCH3 is 1. The Hall–Kier alpha value is -3.78. The summed E-state index contributed by atoms with van der Waals surface area (Å²) in [5.74, 6) is -0.419. The molecule has 0 saturated heterocycles. The summed E-state index contributed by atoms with van der Waals surface area (Å²) in [6, 6.07) is 13.0. The number of carbonyl (C=O) groups excluding carboxylic acids is 1. The van der Waals surface area contributed by atoms with Crippen molar-refractivity contribution in [2.24, 2.45) is 0 Å². The largest absolute Gasteiger partial charge is 0.383 e. The molecule has 8 heteroatoms. The van der Waals surface area contributed by atoms with Crippen LogP contribution < -0.4 is 16.4 Å². The maximum Gasteiger partial charge on any atom is 0.267 e. The molecular weight excluding hydrogens is 406 g/mol. The molecule has 164 valence electrons. The lowest BCUT2D eigenvalue weighted by Crippen LogP contribution is -2.35. The molecule has 4 rings (SSSR count). The Kier molecular flexibility index (Phi) is 5.87. The van der Waals surface area contributed by atoms with Crippen LogP contribution >= 0.6 is 0 Å². The van der Waals surface area contributed by atoms with Crippen molar-refractivity contribution < 1.29 is 9.53 Å². The molecule has 0 saturated carbocycles. The number of nitrogens with one attached hydrogen (secondary N) is 2. The number of amides is 1. The zero-order valence-electron chi connectivity index (χ0n) is 18.3. The predicted octanol–water partition coefficient (Wildman–Crippen LogP) is 2.32. The second-order valence-electron chi connectivity index (χ2n) is 7.76. The van der Waals surface area contributed by atoms with Crippen LogP contribution in [-0.4, -0.2) is 33.6 Å². The number of aryl methyl sites for hydroxylation is 2. The second-order valence-corrected chi connectivity index (χ2v) is 7.76. The first-order chi connectivity index (χ1) is 15.4. The molecule has 8 nitrogen and oxygen atoms in total. The lowest BCUT2D eigenvalue weighted by atomic mass is 10.1. The maximum atomic E-state index is 13.2. The minimum atomic E-state index is -0.419. The number of nitrogens with zero attached hydrogens (tertiary/aromatic N) is 3. The van der Waals surface area contributed by atoms with Gasteiger partial charge in [-0.15, -0.1) is 0 Å². The van der Waals surface area contributed by atoms with Crippen LogP contribution in [-0.2, 0) is 17.8 Å². The number of fused-ring (bicyclic) bond motifs is 2. The van der Waals surface area contributed by atoms with Gasteiger partial charge in [0.25, 0.3) is 11.5 Å². The molecular formula is C24H25N5O3. The number of ether oxygens (including phenoxy) is 1. The Morgan fingerprint density at radius 2 is 1.91 bits per heavy atom. The zero-order chi connectivity index (χ0) is 22.8. The van der Waals surface area contributed by atoms with Gasteiger partial charge in [-0.25, -0.2) is 4.98 Å². The Labute approximate surface area is 184 Å². The van der Waals surface area contributed by atoms with E-state index < -0.39 is 5.91 Å². The smallest absolute Gasteiger partial charge is 0.267 e. The highest BCUT2D eigenvalue weighted by Crippen LogP contribution is 2.13. The molecule has 0 aliphatic carbocycles. The number of carbonyl (C=O) groups is 1. The number of pyridine rings is 2. The summed E-state index contributed by atoms with van der Waals surface area (Å²) >= 11 is 0. The molecule has 0 radical (unpaired) electrons. The molecule has 4 aromatic rings. The van der Waals surface area contributed by atoms with Crippen molar-refractivity contribution in [2.45, 2.75) is 26.9 Å². The van der Waals surface area contributed by atoms with Crippen LogP contribution in [0.25, 0.3) is 16.7 Å². The number of benzene rings is 1. The molecule has 0 fully saturated rings. The van der Waals surface area contributed by atoms with E-state index in [1.54, 1.807) is 23.9 Å². The Morgan fingerprint density at radius 1 is 1.16 bits per heavy atom. The lowest BCUT2D eigenvalue weighted by molar-refractivity contribution is 0.0948. The van der Waals surface area contributed by atoms with Gasteiger partial charge in [0, 0.05) is 26.4 Å². The highest BCUT2D eigenvalue weighted by atomic mass is 16.5. The van der Waals surface area contributed by atoms with E-state index in [1.807, 2.05) is 44.2 Å². The molecule has 0 bridgehead atoms. The summed E-state index contributed by atoms with van der Waals surface area (Å²) < 4.78 is 8.22. The van der Waals surface area contributed by atoms with Crippen LogP contribution in [0.15, 0.2) is 53.5 Å². The fourth-order valence-electron chi connectivity index (χ4n) is 3.65. The van der Waals surface area contributed by atoms with Crippen molar-refractivity contribution >= 4 is 22.6 Å². The van der Waals surface area contributed by atoms with Crippen molar-refractivity contribution in [1.29, 1.82) is 5.41 Å². The standard InChI is InChI=1S/C24H25N5O3/c1-15-6-8-17(9-7-15)14-26-23(30)18-13-19-22(28(20(18)25)11-12-32-3)27-21-16(2)5-4-10-29(21)24(19)31/h4-10,13,25H,11-12,14H2,1-3H3,(H,26,30). The highest BCUT2D eigenvalue weighted by Gasteiger charge is 2.18. The van der Waals surface area contributed by atoms with Gasteiger partial charge in [0.15, 0.2) is 0 Å². The van der Waals surface area contributed by atoms with E-state index in [9.17, 15) is 9.59 Å². The normalized spacial score (nSPS) is 11.2. The summed E-state index contributed by atoms with van der Waals surface area (Å²) in [6.45, 7) is 4.80. The average Bonchev–Trinajstić information content (AvgIpc) is 2.78. The molecule has 0 unspecified atom stereocenters. The van der Waals surface area contributed by atoms with Crippen molar-refractivity contribution in [3.8, 4) is 0 Å². The van der Waals surface area contributed by atoms with Gasteiger partial charge in [-0.1, -0.05) is 35.9 Å². The summed E-state index contributed by atoms with van der Waals surface area (Å²) in [7, 11) is 1.56. The van der Waals surface area contributed by atoms with Crippen LogP contribution in [0.5, 0.6) is 0 Å². The number of hydrogen-bond donors (Lipinski definition) is 2. The summed E-state index contributed by atoms with van der Waals surface area (Å²) in [5.41, 5.74) is 3.63. The summed E-state index contributed by atoms with van der Waals surface area (Å²) in [5, 5.41) is 11.8. The van der Waals surface area contributed by atoms with E-state index in [0.717, 1.165) is 16.7 Å². The number of rotatable bonds is 6. The van der Waals surface area contributed by atoms with Crippen molar-refractivity contribution in [2.75, 3.05) is 13.7 Å². The number of hydrogen-bond acceptors (Lipinski definition) is 5. The topological polar surface area (TPSA) is 101 Å². The fraction of sp³-hybridized carbons (Fsp3) is 0.250. The molecule has 0 spiro atoms. The highest BCUT2D eigenvalue weighted by molar-refractivity contribution is 5.96. The van der Waals surface area contributed by atoms with E-state index in [2.05, 4.69) is 10.3 Å². The third kappa shape index (κ3) is 3.92.